The van der Waals surface area contributed by atoms with E-state index in [9.17, 15) is 0 Å². The molecule has 3 rings (SSSR count). The Morgan fingerprint density at radius 2 is 2.19 bits per heavy atom. The van der Waals surface area contributed by atoms with Crippen LogP contribution in [-0.4, -0.2) is 48.5 Å². The lowest BCUT2D eigenvalue weighted by atomic mass is 10.2. The fourth-order valence-corrected chi connectivity index (χ4v) is 3.77. The molecule has 27 heavy (non-hydrogen) atoms. The summed E-state index contributed by atoms with van der Waals surface area (Å²) in [5.74, 6) is 0.876. The molecule has 148 valence electrons. The zero-order valence-electron chi connectivity index (χ0n) is 15.9. The number of benzene rings is 1. The van der Waals surface area contributed by atoms with E-state index in [0.717, 1.165) is 49.5 Å². The van der Waals surface area contributed by atoms with Gasteiger partial charge in [-0.3, -0.25) is 9.67 Å². The molecule has 1 aliphatic rings. The van der Waals surface area contributed by atoms with Crippen LogP contribution >= 0.6 is 39.9 Å². The largest absolute Gasteiger partial charge is 0.368 e. The number of aryl methyl sites for hydroxylation is 2. The van der Waals surface area contributed by atoms with Crippen LogP contribution in [0.15, 0.2) is 46.1 Å². The summed E-state index contributed by atoms with van der Waals surface area (Å²) in [5, 5.41) is 11.3. The van der Waals surface area contributed by atoms with Gasteiger partial charge >= 0.3 is 0 Å². The second-order valence-corrected chi connectivity index (χ2v) is 7.52. The van der Waals surface area contributed by atoms with E-state index in [1.807, 2.05) is 17.9 Å². The van der Waals surface area contributed by atoms with Crippen LogP contribution in [0, 0.1) is 6.92 Å². The second-order valence-electron chi connectivity index (χ2n) is 6.66. The molecule has 1 unspecified atom stereocenters. The van der Waals surface area contributed by atoms with E-state index < -0.39 is 0 Å². The Balaban J connectivity index is 0.00000261. The van der Waals surface area contributed by atoms with E-state index in [-0.39, 0.29) is 24.0 Å². The van der Waals surface area contributed by atoms with Gasteiger partial charge in [-0.05, 0) is 53.4 Å². The summed E-state index contributed by atoms with van der Waals surface area (Å²) in [5.41, 5.74) is 2.46. The Hall–Kier alpha value is -1.29. The van der Waals surface area contributed by atoms with Crippen molar-refractivity contribution in [3.05, 3.63) is 46.7 Å². The maximum absolute atomic E-state index is 4.36. The van der Waals surface area contributed by atoms with Crippen LogP contribution in [0.1, 0.15) is 18.4 Å². The maximum Gasteiger partial charge on any atom is 0.191 e. The Kier molecular flexibility index (Phi) is 8.88. The molecule has 1 atom stereocenters. The zero-order valence-corrected chi connectivity index (χ0v) is 19.8. The number of nitrogens with one attached hydrogen (secondary N) is 2. The molecule has 0 spiro atoms. The van der Waals surface area contributed by atoms with Crippen molar-refractivity contribution in [3.63, 3.8) is 0 Å². The predicted octanol–water partition coefficient (Wildman–Crippen LogP) is 3.41. The van der Waals surface area contributed by atoms with Crippen molar-refractivity contribution in [2.75, 3.05) is 31.6 Å². The predicted molar refractivity (Wildman–Crippen MR) is 126 cm³/mol. The van der Waals surface area contributed by atoms with Gasteiger partial charge in [0.2, 0.25) is 0 Å². The fourth-order valence-electron chi connectivity index (χ4n) is 3.23. The van der Waals surface area contributed by atoms with E-state index in [0.29, 0.717) is 6.04 Å². The lowest BCUT2D eigenvalue weighted by Gasteiger charge is -2.21. The molecular weight excluding hydrogens is 519 g/mol. The van der Waals surface area contributed by atoms with Crippen LogP contribution < -0.4 is 15.5 Å². The first-order valence-corrected chi connectivity index (χ1v) is 9.90. The first-order valence-electron chi connectivity index (χ1n) is 9.11. The third-order valence-electron chi connectivity index (χ3n) is 4.56. The third-order valence-corrected chi connectivity index (χ3v) is 5.24. The number of guanidine groups is 1. The average molecular weight is 547 g/mol. The van der Waals surface area contributed by atoms with Gasteiger partial charge in [-0.15, -0.1) is 24.0 Å². The summed E-state index contributed by atoms with van der Waals surface area (Å²) < 4.78 is 3.14. The number of nitrogens with zero attached hydrogens (tertiary/aromatic N) is 4. The number of rotatable bonds is 6. The highest BCUT2D eigenvalue weighted by Crippen LogP contribution is 2.28. The number of halogens is 2. The second kappa shape index (κ2) is 10.9. The number of aliphatic imine (C=N–C) groups is 1. The molecule has 1 aromatic heterocycles. The van der Waals surface area contributed by atoms with Crippen LogP contribution in [0.5, 0.6) is 0 Å². The molecule has 1 fully saturated rings. The highest BCUT2D eigenvalue weighted by Gasteiger charge is 2.24. The van der Waals surface area contributed by atoms with E-state index in [2.05, 4.69) is 78.9 Å². The van der Waals surface area contributed by atoms with Gasteiger partial charge in [-0.2, -0.15) is 5.10 Å². The van der Waals surface area contributed by atoms with E-state index >= 15 is 0 Å². The van der Waals surface area contributed by atoms with Crippen LogP contribution in [0.25, 0.3) is 0 Å². The van der Waals surface area contributed by atoms with Gasteiger partial charge in [0, 0.05) is 49.9 Å². The van der Waals surface area contributed by atoms with Gasteiger partial charge < -0.3 is 15.5 Å². The molecule has 2 N–H and O–H groups in total. The molecule has 0 aliphatic carbocycles. The lowest BCUT2D eigenvalue weighted by molar-refractivity contribution is 0.565. The minimum Gasteiger partial charge on any atom is -0.368 e. The Morgan fingerprint density at radius 1 is 1.37 bits per heavy atom. The zero-order chi connectivity index (χ0) is 18.4. The standard InChI is InChI=1S/C19H27BrN6.HI/c1-15-12-23-26(13-15)10-5-9-22-19(21-2)24-16-8-11-25(14-16)18-7-4-3-6-17(18)20;/h3-4,6-7,12-13,16H,5,8-11,14H2,1-2H3,(H2,21,22,24);1H. The molecule has 2 heterocycles. The summed E-state index contributed by atoms with van der Waals surface area (Å²) >= 11 is 3.65. The smallest absolute Gasteiger partial charge is 0.191 e. The van der Waals surface area contributed by atoms with E-state index in [1.54, 1.807) is 0 Å². The molecule has 0 radical (unpaired) electrons. The van der Waals surface area contributed by atoms with E-state index in [4.69, 9.17) is 0 Å². The van der Waals surface area contributed by atoms with Gasteiger partial charge in [0.05, 0.1) is 11.9 Å². The minimum atomic E-state index is 0. The molecule has 8 heteroatoms. The third kappa shape index (κ3) is 6.38. The number of para-hydroxylation sites is 1. The SMILES string of the molecule is CN=C(NCCCn1cc(C)cn1)NC1CCN(c2ccccc2Br)C1.I. The summed E-state index contributed by atoms with van der Waals surface area (Å²) in [6, 6.07) is 8.80. The number of aromatic nitrogens is 2. The highest BCUT2D eigenvalue weighted by atomic mass is 127. The summed E-state index contributed by atoms with van der Waals surface area (Å²) in [7, 11) is 1.83. The normalized spacial score (nSPS) is 16.9. The van der Waals surface area contributed by atoms with E-state index in [1.165, 1.54) is 11.3 Å². The number of hydrogen-bond donors (Lipinski definition) is 2. The van der Waals surface area contributed by atoms with Crippen molar-refractivity contribution < 1.29 is 0 Å². The summed E-state index contributed by atoms with van der Waals surface area (Å²) in [6.07, 6.45) is 6.08. The molecule has 1 aliphatic heterocycles. The van der Waals surface area contributed by atoms with Crippen molar-refractivity contribution in [1.29, 1.82) is 0 Å². The van der Waals surface area contributed by atoms with Crippen LogP contribution in [0.3, 0.4) is 0 Å². The monoisotopic (exact) mass is 546 g/mol. The number of hydrogen-bond acceptors (Lipinski definition) is 3. The van der Waals surface area contributed by atoms with Gasteiger partial charge in [0.25, 0.3) is 0 Å². The van der Waals surface area contributed by atoms with Crippen molar-refractivity contribution in [2.24, 2.45) is 4.99 Å². The lowest BCUT2D eigenvalue weighted by Crippen LogP contribution is -2.45. The topological polar surface area (TPSA) is 57.5 Å². The number of anilines is 1. The first kappa shape index (κ1) is 22.0. The van der Waals surface area contributed by atoms with Crippen LogP contribution in [0.2, 0.25) is 0 Å². The fraction of sp³-hybridized carbons (Fsp3) is 0.474. The molecule has 1 saturated heterocycles. The first-order chi connectivity index (χ1) is 12.7. The molecule has 0 bridgehead atoms. The van der Waals surface area contributed by atoms with Crippen LogP contribution in [0.4, 0.5) is 5.69 Å². The van der Waals surface area contributed by atoms with Crippen molar-refractivity contribution in [2.45, 2.75) is 32.4 Å². The molecule has 0 saturated carbocycles. The van der Waals surface area contributed by atoms with Crippen molar-refractivity contribution >= 4 is 51.6 Å². The van der Waals surface area contributed by atoms with Gasteiger partial charge in [-0.1, -0.05) is 12.1 Å². The van der Waals surface area contributed by atoms with Crippen molar-refractivity contribution in [3.8, 4) is 0 Å². The summed E-state index contributed by atoms with van der Waals surface area (Å²) in [6.45, 7) is 5.88. The molecule has 1 aromatic carbocycles. The summed E-state index contributed by atoms with van der Waals surface area (Å²) in [4.78, 5) is 6.77. The Labute approximate surface area is 187 Å². The van der Waals surface area contributed by atoms with Crippen LogP contribution in [-0.2, 0) is 6.54 Å². The molecule has 2 aromatic rings. The van der Waals surface area contributed by atoms with Gasteiger partial charge in [0.1, 0.15) is 0 Å². The maximum atomic E-state index is 4.36. The Morgan fingerprint density at radius 3 is 2.89 bits per heavy atom. The Bertz CT molecular complexity index is 747. The molecular formula is C19H28BrIN6. The van der Waals surface area contributed by atoms with Gasteiger partial charge in [0.15, 0.2) is 5.96 Å². The van der Waals surface area contributed by atoms with Gasteiger partial charge in [-0.25, -0.2) is 0 Å². The molecule has 6 nitrogen and oxygen atoms in total. The highest BCUT2D eigenvalue weighted by molar-refractivity contribution is 14.0. The average Bonchev–Trinajstić information content (AvgIpc) is 3.27. The minimum absolute atomic E-state index is 0. The quantitative estimate of drug-likeness (QED) is 0.252. The van der Waals surface area contributed by atoms with Crippen molar-refractivity contribution in [1.82, 2.24) is 20.4 Å². The molecule has 0 amide bonds.